The molecule has 1 saturated carbocycles. The number of aromatic nitrogens is 1. The third kappa shape index (κ3) is 1.97. The number of anilines is 2. The van der Waals surface area contributed by atoms with Crippen molar-refractivity contribution in [3.63, 3.8) is 0 Å². The molecule has 2 rings (SSSR count). The van der Waals surface area contributed by atoms with Crippen molar-refractivity contribution in [2.45, 2.75) is 20.3 Å². The Morgan fingerprint density at radius 1 is 1.57 bits per heavy atom. The van der Waals surface area contributed by atoms with Crippen LogP contribution in [0.15, 0.2) is 18.5 Å². The van der Waals surface area contributed by atoms with Gasteiger partial charge in [-0.15, -0.1) is 0 Å². The molecule has 0 amide bonds. The van der Waals surface area contributed by atoms with Gasteiger partial charge in [-0.3, -0.25) is 4.98 Å². The lowest BCUT2D eigenvalue weighted by Gasteiger charge is -2.07. The van der Waals surface area contributed by atoms with Gasteiger partial charge in [0, 0.05) is 12.7 Å². The van der Waals surface area contributed by atoms with Crippen LogP contribution < -0.4 is 11.1 Å². The average Bonchev–Trinajstić information content (AvgIpc) is 2.71. The Hall–Kier alpha value is -1.25. The molecule has 1 atom stereocenters. The molecule has 0 saturated heterocycles. The topological polar surface area (TPSA) is 50.9 Å². The van der Waals surface area contributed by atoms with Gasteiger partial charge in [-0.2, -0.15) is 0 Å². The molecule has 3 N–H and O–H groups in total. The maximum absolute atomic E-state index is 5.63. The highest BCUT2D eigenvalue weighted by atomic mass is 14.9. The minimum absolute atomic E-state index is 0.529. The van der Waals surface area contributed by atoms with Gasteiger partial charge in [-0.1, -0.05) is 13.8 Å². The smallest absolute Gasteiger partial charge is 0.0547 e. The van der Waals surface area contributed by atoms with E-state index in [1.54, 1.807) is 6.20 Å². The first kappa shape index (κ1) is 9.31. The molecule has 0 aromatic carbocycles. The van der Waals surface area contributed by atoms with E-state index in [2.05, 4.69) is 24.1 Å². The molecule has 1 aromatic heterocycles. The van der Waals surface area contributed by atoms with Crippen LogP contribution in [0.2, 0.25) is 0 Å². The second-order valence-corrected chi connectivity index (χ2v) is 4.78. The molecule has 1 fully saturated rings. The highest BCUT2D eigenvalue weighted by molar-refractivity contribution is 5.51. The zero-order valence-electron chi connectivity index (χ0n) is 8.75. The van der Waals surface area contributed by atoms with Crippen molar-refractivity contribution in [3.05, 3.63) is 18.5 Å². The number of hydrogen-bond acceptors (Lipinski definition) is 3. The van der Waals surface area contributed by atoms with E-state index in [0.717, 1.165) is 18.2 Å². The molecule has 1 aliphatic rings. The summed E-state index contributed by atoms with van der Waals surface area (Å²) in [6, 6.07) is 1.92. The third-order valence-corrected chi connectivity index (χ3v) is 3.03. The lowest BCUT2D eigenvalue weighted by molar-refractivity contribution is 0.573. The van der Waals surface area contributed by atoms with Gasteiger partial charge in [0.15, 0.2) is 0 Å². The molecule has 0 aliphatic heterocycles. The SMILES string of the molecule is CC1(C)CC1CNc1cncc(N)c1. The Kier molecular flexibility index (Phi) is 2.10. The van der Waals surface area contributed by atoms with Crippen LogP contribution in [0.25, 0.3) is 0 Å². The summed E-state index contributed by atoms with van der Waals surface area (Å²) in [5.74, 6) is 0.795. The Labute approximate surface area is 84.7 Å². The van der Waals surface area contributed by atoms with E-state index in [-0.39, 0.29) is 0 Å². The van der Waals surface area contributed by atoms with E-state index in [4.69, 9.17) is 5.73 Å². The van der Waals surface area contributed by atoms with Crippen LogP contribution in [0.3, 0.4) is 0 Å². The fourth-order valence-corrected chi connectivity index (χ4v) is 1.72. The number of nitrogen functional groups attached to an aromatic ring is 1. The van der Waals surface area contributed by atoms with Gasteiger partial charge >= 0.3 is 0 Å². The summed E-state index contributed by atoms with van der Waals surface area (Å²) in [4.78, 5) is 4.03. The van der Waals surface area contributed by atoms with Gasteiger partial charge in [0.1, 0.15) is 0 Å². The van der Waals surface area contributed by atoms with Crippen LogP contribution in [0.4, 0.5) is 11.4 Å². The summed E-state index contributed by atoms with van der Waals surface area (Å²) >= 11 is 0. The zero-order chi connectivity index (χ0) is 10.2. The van der Waals surface area contributed by atoms with Crippen molar-refractivity contribution in [1.29, 1.82) is 0 Å². The molecule has 14 heavy (non-hydrogen) atoms. The monoisotopic (exact) mass is 191 g/mol. The van der Waals surface area contributed by atoms with Gasteiger partial charge in [-0.25, -0.2) is 0 Å². The van der Waals surface area contributed by atoms with Crippen molar-refractivity contribution in [2.24, 2.45) is 11.3 Å². The summed E-state index contributed by atoms with van der Waals surface area (Å²) in [7, 11) is 0. The maximum atomic E-state index is 5.63. The normalized spacial score (nSPS) is 23.1. The molecular weight excluding hydrogens is 174 g/mol. The summed E-state index contributed by atoms with van der Waals surface area (Å²) < 4.78 is 0. The zero-order valence-corrected chi connectivity index (χ0v) is 8.75. The lowest BCUT2D eigenvalue weighted by Crippen LogP contribution is -2.07. The fourth-order valence-electron chi connectivity index (χ4n) is 1.72. The molecule has 1 unspecified atom stereocenters. The summed E-state index contributed by atoms with van der Waals surface area (Å²) in [5.41, 5.74) is 7.89. The van der Waals surface area contributed by atoms with E-state index in [1.165, 1.54) is 6.42 Å². The first-order valence-electron chi connectivity index (χ1n) is 5.02. The number of nitrogens with two attached hydrogens (primary N) is 1. The van der Waals surface area contributed by atoms with E-state index in [9.17, 15) is 0 Å². The highest BCUT2D eigenvalue weighted by Crippen LogP contribution is 2.51. The lowest BCUT2D eigenvalue weighted by atomic mass is 10.1. The van der Waals surface area contributed by atoms with Crippen molar-refractivity contribution >= 4 is 11.4 Å². The predicted octanol–water partition coefficient (Wildman–Crippen LogP) is 2.12. The Morgan fingerprint density at radius 2 is 2.29 bits per heavy atom. The van der Waals surface area contributed by atoms with Crippen LogP contribution >= 0.6 is 0 Å². The molecule has 3 nitrogen and oxygen atoms in total. The fraction of sp³-hybridized carbons (Fsp3) is 0.545. The van der Waals surface area contributed by atoms with Crippen LogP contribution in [0.1, 0.15) is 20.3 Å². The Morgan fingerprint density at radius 3 is 2.86 bits per heavy atom. The predicted molar refractivity (Wildman–Crippen MR) is 59.0 cm³/mol. The van der Waals surface area contributed by atoms with Crippen molar-refractivity contribution in [3.8, 4) is 0 Å². The summed E-state index contributed by atoms with van der Waals surface area (Å²) in [6.07, 6.45) is 4.79. The molecule has 76 valence electrons. The minimum atomic E-state index is 0.529. The van der Waals surface area contributed by atoms with Crippen molar-refractivity contribution < 1.29 is 0 Å². The van der Waals surface area contributed by atoms with Gasteiger partial charge in [-0.05, 0) is 23.8 Å². The number of hydrogen-bond donors (Lipinski definition) is 2. The quantitative estimate of drug-likeness (QED) is 0.769. The van der Waals surface area contributed by atoms with E-state index >= 15 is 0 Å². The minimum Gasteiger partial charge on any atom is -0.397 e. The second kappa shape index (κ2) is 3.15. The molecule has 3 heteroatoms. The second-order valence-electron chi connectivity index (χ2n) is 4.78. The van der Waals surface area contributed by atoms with E-state index in [0.29, 0.717) is 11.1 Å². The molecular formula is C11H17N3. The standard InChI is InChI=1S/C11H17N3/c1-11(2)4-8(11)5-14-10-3-9(12)6-13-7-10/h3,6-8,14H,4-5,12H2,1-2H3. The van der Waals surface area contributed by atoms with Gasteiger partial charge in [0.25, 0.3) is 0 Å². The number of rotatable bonds is 3. The Balaban J connectivity index is 1.87. The van der Waals surface area contributed by atoms with Crippen molar-refractivity contribution in [1.82, 2.24) is 4.98 Å². The molecule has 1 aliphatic carbocycles. The van der Waals surface area contributed by atoms with Crippen LogP contribution in [-0.4, -0.2) is 11.5 Å². The first-order chi connectivity index (χ1) is 6.58. The molecule has 0 spiro atoms. The average molecular weight is 191 g/mol. The van der Waals surface area contributed by atoms with Crippen LogP contribution in [0, 0.1) is 11.3 Å². The third-order valence-electron chi connectivity index (χ3n) is 3.03. The maximum Gasteiger partial charge on any atom is 0.0547 e. The molecule has 0 bridgehead atoms. The number of pyridine rings is 1. The molecule has 1 aromatic rings. The Bertz CT molecular complexity index is 333. The van der Waals surface area contributed by atoms with Gasteiger partial charge in [0.2, 0.25) is 0 Å². The van der Waals surface area contributed by atoms with Crippen LogP contribution in [-0.2, 0) is 0 Å². The van der Waals surface area contributed by atoms with E-state index in [1.807, 2.05) is 12.3 Å². The van der Waals surface area contributed by atoms with Gasteiger partial charge < -0.3 is 11.1 Å². The summed E-state index contributed by atoms with van der Waals surface area (Å²) in [6.45, 7) is 5.63. The molecule has 0 radical (unpaired) electrons. The molecule has 1 heterocycles. The highest BCUT2D eigenvalue weighted by Gasteiger charge is 2.44. The van der Waals surface area contributed by atoms with Crippen molar-refractivity contribution in [2.75, 3.05) is 17.6 Å². The largest absolute Gasteiger partial charge is 0.397 e. The number of nitrogens with zero attached hydrogens (tertiary/aromatic N) is 1. The first-order valence-corrected chi connectivity index (χ1v) is 5.02. The van der Waals surface area contributed by atoms with E-state index < -0.39 is 0 Å². The number of nitrogens with one attached hydrogen (secondary N) is 1. The summed E-state index contributed by atoms with van der Waals surface area (Å²) in [5, 5.41) is 3.36. The van der Waals surface area contributed by atoms with Gasteiger partial charge in [0.05, 0.1) is 17.6 Å². The van der Waals surface area contributed by atoms with Crippen LogP contribution in [0.5, 0.6) is 0 Å².